The normalized spacial score (nSPS) is 16.0. The van der Waals surface area contributed by atoms with Gasteiger partial charge in [-0.2, -0.15) is 0 Å². The zero-order valence-electron chi connectivity index (χ0n) is 7.18. The lowest BCUT2D eigenvalue weighted by Crippen LogP contribution is -1.98. The molecule has 0 saturated heterocycles. The first-order chi connectivity index (χ1) is 6.27. The number of aryl methyl sites for hydroxylation is 1. The summed E-state index contributed by atoms with van der Waals surface area (Å²) in [7, 11) is 0. The number of aliphatic imine (C=N–C) groups is 1. The third-order valence-electron chi connectivity index (χ3n) is 2.20. The molecule has 3 heteroatoms. The standard InChI is InChI=1S/C10H10BrNS/c11-8-4-3-7-2-1-5-12-10(13)9(7)6-8/h3-4,6H,1-2,5H2,(H,12,13)/p+1. The van der Waals surface area contributed by atoms with Crippen LogP contribution in [0, 0.1) is 0 Å². The van der Waals surface area contributed by atoms with Crippen molar-refractivity contribution in [2.75, 3.05) is 6.54 Å². The molecule has 68 valence electrons. The van der Waals surface area contributed by atoms with Gasteiger partial charge in [0.15, 0.2) is 0 Å². The topological polar surface area (TPSA) is 12.4 Å². The summed E-state index contributed by atoms with van der Waals surface area (Å²) in [5.74, 6) is 0. The van der Waals surface area contributed by atoms with Crippen LogP contribution in [0.2, 0.25) is 0 Å². The maximum atomic E-state index is 4.42. The van der Waals surface area contributed by atoms with Gasteiger partial charge in [0.05, 0.1) is 5.56 Å². The molecule has 1 heterocycles. The summed E-state index contributed by atoms with van der Waals surface area (Å²) in [6.45, 7) is 0.922. The zero-order chi connectivity index (χ0) is 9.26. The molecule has 0 atom stereocenters. The van der Waals surface area contributed by atoms with Crippen molar-refractivity contribution in [3.8, 4) is 0 Å². The maximum Gasteiger partial charge on any atom is 0.245 e. The molecule has 1 nitrogen and oxygen atoms in total. The van der Waals surface area contributed by atoms with Gasteiger partial charge in [0.2, 0.25) is 5.04 Å². The van der Waals surface area contributed by atoms with Gasteiger partial charge >= 0.3 is 0 Å². The molecule has 13 heavy (non-hydrogen) atoms. The second kappa shape index (κ2) is 3.84. The van der Waals surface area contributed by atoms with Crippen LogP contribution in [0.3, 0.4) is 0 Å². The molecular weight excluding hydrogens is 246 g/mol. The van der Waals surface area contributed by atoms with Gasteiger partial charge in [0.1, 0.15) is 0 Å². The Kier molecular flexibility index (Phi) is 2.74. The first-order valence-electron chi connectivity index (χ1n) is 4.32. The van der Waals surface area contributed by atoms with Crippen molar-refractivity contribution in [2.24, 2.45) is 4.99 Å². The number of fused-ring (bicyclic) bond motifs is 1. The minimum atomic E-state index is 0.922. The van der Waals surface area contributed by atoms with Gasteiger partial charge in [-0.1, -0.05) is 22.0 Å². The monoisotopic (exact) mass is 256 g/mol. The lowest BCUT2D eigenvalue weighted by molar-refractivity contribution is 0.845. The highest BCUT2D eigenvalue weighted by Crippen LogP contribution is 2.20. The van der Waals surface area contributed by atoms with Crippen molar-refractivity contribution < 1.29 is 0 Å². The minimum Gasteiger partial charge on any atom is -0.240 e. The summed E-state index contributed by atoms with van der Waals surface area (Å²) in [5.41, 5.74) is 2.61. The number of hydrogen-bond donors (Lipinski definition) is 0. The molecule has 0 aliphatic carbocycles. The summed E-state index contributed by atoms with van der Waals surface area (Å²) in [6.07, 6.45) is 2.27. The van der Waals surface area contributed by atoms with E-state index in [4.69, 9.17) is 0 Å². The molecule has 0 amide bonds. The Morgan fingerprint density at radius 3 is 3.08 bits per heavy atom. The van der Waals surface area contributed by atoms with E-state index in [1.807, 2.05) is 0 Å². The highest BCUT2D eigenvalue weighted by molar-refractivity contribution is 9.10. The molecule has 0 fully saturated rings. The number of halogens is 1. The Labute approximate surface area is 91.8 Å². The molecule has 0 N–H and O–H groups in total. The van der Waals surface area contributed by atoms with E-state index in [1.165, 1.54) is 11.1 Å². The lowest BCUT2D eigenvalue weighted by atomic mass is 10.0. The number of benzene rings is 1. The summed E-state index contributed by atoms with van der Waals surface area (Å²) >= 11 is 7.02. The zero-order valence-corrected chi connectivity index (χ0v) is 9.76. The van der Waals surface area contributed by atoms with Crippen LogP contribution in [0.25, 0.3) is 0 Å². The Morgan fingerprint density at radius 1 is 1.38 bits per heavy atom. The predicted molar refractivity (Wildman–Crippen MR) is 64.0 cm³/mol. The van der Waals surface area contributed by atoms with Gasteiger partial charge in [-0.05, 0) is 30.5 Å². The SMILES string of the molecule is [SH2+]C1=NCCCc2ccc(Br)cc21. The molecule has 0 spiro atoms. The first-order valence-corrected chi connectivity index (χ1v) is 5.61. The van der Waals surface area contributed by atoms with Crippen molar-refractivity contribution in [2.45, 2.75) is 12.8 Å². The highest BCUT2D eigenvalue weighted by Gasteiger charge is 2.13. The van der Waals surface area contributed by atoms with Crippen LogP contribution in [-0.4, -0.2) is 11.6 Å². The number of hydrogen-bond acceptors (Lipinski definition) is 1. The van der Waals surface area contributed by atoms with Crippen LogP contribution in [0.4, 0.5) is 0 Å². The molecule has 0 unspecified atom stereocenters. The van der Waals surface area contributed by atoms with Crippen LogP contribution in [0.5, 0.6) is 0 Å². The molecule has 0 saturated carbocycles. The van der Waals surface area contributed by atoms with E-state index in [0.29, 0.717) is 0 Å². The smallest absolute Gasteiger partial charge is 0.240 e. The van der Waals surface area contributed by atoms with E-state index in [1.54, 1.807) is 0 Å². The quantitative estimate of drug-likeness (QED) is 0.631. The Balaban J connectivity index is 2.54. The molecule has 1 aromatic rings. The number of rotatable bonds is 0. The number of nitrogens with zero attached hydrogens (tertiary/aromatic N) is 1. The largest absolute Gasteiger partial charge is 0.245 e. The Morgan fingerprint density at radius 2 is 2.23 bits per heavy atom. The third kappa shape index (κ3) is 1.97. The van der Waals surface area contributed by atoms with E-state index >= 15 is 0 Å². The van der Waals surface area contributed by atoms with Crippen molar-refractivity contribution in [1.82, 2.24) is 0 Å². The Bertz CT molecular complexity index is 360. The second-order valence-corrected chi connectivity index (χ2v) is 4.52. The van der Waals surface area contributed by atoms with E-state index in [9.17, 15) is 0 Å². The van der Waals surface area contributed by atoms with E-state index in [-0.39, 0.29) is 0 Å². The summed E-state index contributed by atoms with van der Waals surface area (Å²) in [4.78, 5) is 4.42. The average molecular weight is 257 g/mol. The van der Waals surface area contributed by atoms with Crippen LogP contribution < -0.4 is 0 Å². The van der Waals surface area contributed by atoms with Crippen molar-refractivity contribution in [3.05, 3.63) is 33.8 Å². The molecule has 1 aromatic carbocycles. The fourth-order valence-corrected chi connectivity index (χ4v) is 2.24. The average Bonchev–Trinajstić information content (AvgIpc) is 2.29. The second-order valence-electron chi connectivity index (χ2n) is 3.14. The molecule has 0 aromatic heterocycles. The summed E-state index contributed by atoms with van der Waals surface area (Å²) in [5, 5.41) is 0.980. The molecule has 2 rings (SSSR count). The van der Waals surface area contributed by atoms with Gasteiger partial charge < -0.3 is 0 Å². The van der Waals surface area contributed by atoms with Crippen molar-refractivity contribution in [3.63, 3.8) is 0 Å². The Hall–Kier alpha value is -0.280. The molecule has 1 aliphatic rings. The van der Waals surface area contributed by atoms with Crippen LogP contribution >= 0.6 is 15.9 Å². The van der Waals surface area contributed by atoms with Gasteiger partial charge in [0.25, 0.3) is 0 Å². The third-order valence-corrected chi connectivity index (χ3v) is 3.12. The minimum absolute atomic E-state index is 0.922. The van der Waals surface area contributed by atoms with E-state index in [0.717, 1.165) is 28.9 Å². The predicted octanol–water partition coefficient (Wildman–Crippen LogP) is 2.15. The first kappa shape index (κ1) is 9.28. The van der Waals surface area contributed by atoms with Crippen LogP contribution in [0.15, 0.2) is 27.7 Å². The lowest BCUT2D eigenvalue weighted by Gasteiger charge is -2.02. The van der Waals surface area contributed by atoms with E-state index < -0.39 is 0 Å². The molecule has 0 radical (unpaired) electrons. The summed E-state index contributed by atoms with van der Waals surface area (Å²) < 4.78 is 1.11. The fourth-order valence-electron chi connectivity index (χ4n) is 1.53. The van der Waals surface area contributed by atoms with Crippen LogP contribution in [-0.2, 0) is 19.0 Å². The van der Waals surface area contributed by atoms with Gasteiger partial charge in [-0.25, -0.2) is 4.99 Å². The molecule has 1 aliphatic heterocycles. The molecular formula is C10H11BrNS+. The van der Waals surface area contributed by atoms with Crippen molar-refractivity contribution >= 4 is 33.6 Å². The van der Waals surface area contributed by atoms with Gasteiger partial charge in [-0.15, -0.1) is 0 Å². The maximum absolute atomic E-state index is 4.42. The van der Waals surface area contributed by atoms with E-state index in [2.05, 4.69) is 51.8 Å². The van der Waals surface area contributed by atoms with Crippen LogP contribution in [0.1, 0.15) is 17.5 Å². The summed E-state index contributed by atoms with van der Waals surface area (Å²) in [6, 6.07) is 6.37. The highest BCUT2D eigenvalue weighted by atomic mass is 79.9. The molecule has 0 bridgehead atoms. The van der Waals surface area contributed by atoms with Crippen molar-refractivity contribution in [1.29, 1.82) is 0 Å². The fraction of sp³-hybridized carbons (Fsp3) is 0.300. The van der Waals surface area contributed by atoms with Gasteiger partial charge in [-0.3, -0.25) is 0 Å². The van der Waals surface area contributed by atoms with Gasteiger partial charge in [0, 0.05) is 23.6 Å².